The van der Waals surface area contributed by atoms with Crippen molar-refractivity contribution in [1.82, 2.24) is 10.3 Å². The molecule has 1 N–H and O–H groups in total. The van der Waals surface area contributed by atoms with Crippen LogP contribution in [0.1, 0.15) is 33.0 Å². The van der Waals surface area contributed by atoms with Gasteiger partial charge in [0.15, 0.2) is 11.3 Å². The lowest BCUT2D eigenvalue weighted by Crippen LogP contribution is -2.22. The largest absolute Gasteiger partial charge is 0.455 e. The lowest BCUT2D eigenvalue weighted by molar-refractivity contribution is -0.137. The lowest BCUT2D eigenvalue weighted by atomic mass is 10.1. The molecule has 2 heterocycles. The Morgan fingerprint density at radius 1 is 1.10 bits per heavy atom. The fourth-order valence-electron chi connectivity index (χ4n) is 2.92. The van der Waals surface area contributed by atoms with Gasteiger partial charge in [-0.15, -0.1) is 0 Å². The van der Waals surface area contributed by atoms with Gasteiger partial charge in [-0.2, -0.15) is 13.2 Å². The summed E-state index contributed by atoms with van der Waals surface area (Å²) in [7, 11) is 0. The number of hydrogen-bond acceptors (Lipinski definition) is 5. The monoisotopic (exact) mass is 446 g/mol. The Hall–Kier alpha value is -3.20. The number of furan rings is 1. The van der Waals surface area contributed by atoms with Gasteiger partial charge in [-0.3, -0.25) is 4.79 Å². The molecule has 0 atom stereocenters. The van der Waals surface area contributed by atoms with E-state index in [2.05, 4.69) is 10.3 Å². The molecule has 0 radical (unpaired) electrons. The van der Waals surface area contributed by atoms with Gasteiger partial charge < -0.3 is 14.2 Å². The van der Waals surface area contributed by atoms with Crippen LogP contribution in [0.3, 0.4) is 0 Å². The van der Waals surface area contributed by atoms with Gasteiger partial charge in [0.2, 0.25) is 0 Å². The molecular weight excluding hydrogens is 429 g/mol. The predicted molar refractivity (Wildman–Crippen MR) is 110 cm³/mol. The Morgan fingerprint density at radius 2 is 1.94 bits per heavy atom. The summed E-state index contributed by atoms with van der Waals surface area (Å²) in [4.78, 5) is 16.7. The Morgan fingerprint density at radius 3 is 2.74 bits per heavy atom. The number of aromatic nitrogens is 1. The van der Waals surface area contributed by atoms with Crippen molar-refractivity contribution in [2.75, 3.05) is 0 Å². The summed E-state index contributed by atoms with van der Waals surface area (Å²) in [6.07, 6.45) is -4.43. The molecule has 0 saturated carbocycles. The number of rotatable bonds is 6. The van der Waals surface area contributed by atoms with E-state index in [1.54, 1.807) is 6.07 Å². The number of benzene rings is 2. The van der Waals surface area contributed by atoms with Gasteiger partial charge in [0, 0.05) is 6.54 Å². The highest BCUT2D eigenvalue weighted by atomic mass is 32.2. The molecule has 9 heteroatoms. The minimum Gasteiger partial charge on any atom is -0.455 e. The normalized spacial score (nSPS) is 11.7. The van der Waals surface area contributed by atoms with Crippen LogP contribution in [0.15, 0.2) is 68.7 Å². The number of hydrogen-bond donors (Lipinski definition) is 1. The van der Waals surface area contributed by atoms with Crippen LogP contribution < -0.4 is 5.32 Å². The van der Waals surface area contributed by atoms with Gasteiger partial charge in [-0.25, -0.2) is 4.98 Å². The maximum atomic E-state index is 12.8. The molecular formula is C22H17F3N2O3S. The van der Waals surface area contributed by atoms with Crippen molar-refractivity contribution in [3.8, 4) is 0 Å². The third-order valence-corrected chi connectivity index (χ3v) is 5.30. The highest BCUT2D eigenvalue weighted by molar-refractivity contribution is 7.98. The average molecular weight is 446 g/mol. The zero-order valence-corrected chi connectivity index (χ0v) is 17.1. The van der Waals surface area contributed by atoms with E-state index >= 15 is 0 Å². The van der Waals surface area contributed by atoms with E-state index in [-0.39, 0.29) is 12.3 Å². The molecule has 0 aliphatic heterocycles. The van der Waals surface area contributed by atoms with Crippen LogP contribution >= 0.6 is 11.8 Å². The molecule has 5 nitrogen and oxygen atoms in total. The third-order valence-electron chi connectivity index (χ3n) is 4.45. The van der Waals surface area contributed by atoms with E-state index in [0.29, 0.717) is 27.9 Å². The van der Waals surface area contributed by atoms with E-state index in [0.717, 1.165) is 23.2 Å². The van der Waals surface area contributed by atoms with E-state index in [9.17, 15) is 18.0 Å². The number of halogens is 3. The fraction of sp³-hybridized carbons (Fsp3) is 0.182. The fourth-order valence-corrected chi connectivity index (χ4v) is 3.65. The number of alkyl halides is 3. The van der Waals surface area contributed by atoms with Crippen molar-refractivity contribution in [3.05, 3.63) is 82.8 Å². The van der Waals surface area contributed by atoms with Crippen LogP contribution in [0.2, 0.25) is 0 Å². The van der Waals surface area contributed by atoms with Crippen molar-refractivity contribution in [2.24, 2.45) is 0 Å². The quantitative estimate of drug-likeness (QED) is 0.370. The molecule has 0 aliphatic carbocycles. The molecule has 2 aromatic heterocycles. The molecule has 0 spiro atoms. The zero-order chi connectivity index (χ0) is 22.0. The molecule has 0 aliphatic rings. The molecule has 4 rings (SSSR count). The average Bonchev–Trinajstić information content (AvgIpc) is 3.36. The molecule has 31 heavy (non-hydrogen) atoms. The predicted octanol–water partition coefficient (Wildman–Crippen LogP) is 5.97. The number of amides is 1. The molecule has 160 valence electrons. The minimum absolute atomic E-state index is 0.0458. The Kier molecular flexibility index (Phi) is 5.77. The van der Waals surface area contributed by atoms with Gasteiger partial charge in [-0.1, -0.05) is 30.0 Å². The number of thioether (sulfide) groups is 1. The Bertz CT molecular complexity index is 1230. The minimum atomic E-state index is -4.43. The van der Waals surface area contributed by atoms with Crippen LogP contribution in [0, 0.1) is 6.92 Å². The topological polar surface area (TPSA) is 68.3 Å². The van der Waals surface area contributed by atoms with E-state index in [4.69, 9.17) is 8.83 Å². The van der Waals surface area contributed by atoms with Crippen molar-refractivity contribution in [2.45, 2.75) is 30.6 Å². The van der Waals surface area contributed by atoms with Crippen LogP contribution in [0.25, 0.3) is 11.1 Å². The molecule has 0 unspecified atom stereocenters. The summed E-state index contributed by atoms with van der Waals surface area (Å²) in [5.41, 5.74) is 2.14. The van der Waals surface area contributed by atoms with Crippen LogP contribution in [0.5, 0.6) is 0 Å². The molecule has 0 saturated heterocycles. The second kappa shape index (κ2) is 8.50. The van der Waals surface area contributed by atoms with Crippen LogP contribution in [-0.2, 0) is 18.5 Å². The van der Waals surface area contributed by atoms with Gasteiger partial charge in [0.05, 0.1) is 11.3 Å². The number of aryl methyl sites for hydroxylation is 1. The molecule has 4 aromatic rings. The number of carbonyl (C=O) groups is 1. The summed E-state index contributed by atoms with van der Waals surface area (Å²) in [5.74, 6) is 0.529. The standard InChI is InChI=1S/C22H17F3N2O3S/c1-13-5-7-18-17(9-13)27-21(30-18)31-12-16-6-8-19(29-16)20(28)26-11-14-3-2-4-15(10-14)22(23,24)25/h2-10H,11-12H2,1H3,(H,26,28). The van der Waals surface area contributed by atoms with Crippen LogP contribution in [0.4, 0.5) is 13.2 Å². The zero-order valence-electron chi connectivity index (χ0n) is 16.3. The Balaban J connectivity index is 1.34. The van der Waals surface area contributed by atoms with E-state index < -0.39 is 17.6 Å². The summed E-state index contributed by atoms with van der Waals surface area (Å²) in [5, 5.41) is 3.06. The summed E-state index contributed by atoms with van der Waals surface area (Å²) >= 11 is 1.33. The first-order valence-electron chi connectivity index (χ1n) is 9.31. The summed E-state index contributed by atoms with van der Waals surface area (Å²) < 4.78 is 49.6. The van der Waals surface area contributed by atoms with Crippen LogP contribution in [-0.4, -0.2) is 10.9 Å². The lowest BCUT2D eigenvalue weighted by Gasteiger charge is -2.09. The maximum Gasteiger partial charge on any atom is 0.416 e. The van der Waals surface area contributed by atoms with Gasteiger partial charge in [0.1, 0.15) is 11.3 Å². The third kappa shape index (κ3) is 5.11. The van der Waals surface area contributed by atoms with E-state index in [1.807, 2.05) is 25.1 Å². The summed E-state index contributed by atoms with van der Waals surface area (Å²) in [6, 6.07) is 13.7. The number of nitrogens with zero attached hydrogens (tertiary/aromatic N) is 1. The number of nitrogens with one attached hydrogen (secondary N) is 1. The molecule has 1 amide bonds. The maximum absolute atomic E-state index is 12.8. The first kappa shape index (κ1) is 21.0. The van der Waals surface area contributed by atoms with Crippen molar-refractivity contribution >= 4 is 28.8 Å². The second-order valence-electron chi connectivity index (χ2n) is 6.89. The van der Waals surface area contributed by atoms with Gasteiger partial charge >= 0.3 is 6.18 Å². The van der Waals surface area contributed by atoms with Crippen molar-refractivity contribution in [3.63, 3.8) is 0 Å². The number of carbonyl (C=O) groups excluding carboxylic acids is 1. The highest BCUT2D eigenvalue weighted by Crippen LogP contribution is 2.30. The van der Waals surface area contributed by atoms with Crippen molar-refractivity contribution in [1.29, 1.82) is 0 Å². The van der Waals surface area contributed by atoms with E-state index in [1.165, 1.54) is 30.0 Å². The van der Waals surface area contributed by atoms with Gasteiger partial charge in [0.25, 0.3) is 11.1 Å². The summed E-state index contributed by atoms with van der Waals surface area (Å²) in [6.45, 7) is 1.93. The SMILES string of the molecule is Cc1ccc2oc(SCc3ccc(C(=O)NCc4cccc(C(F)(F)F)c4)o3)nc2c1. The highest BCUT2D eigenvalue weighted by Gasteiger charge is 2.30. The second-order valence-corrected chi connectivity index (χ2v) is 7.81. The number of fused-ring (bicyclic) bond motifs is 1. The molecule has 0 fully saturated rings. The van der Waals surface area contributed by atoms with Gasteiger partial charge in [-0.05, 0) is 54.4 Å². The molecule has 2 aromatic carbocycles. The van der Waals surface area contributed by atoms with Crippen molar-refractivity contribution < 1.29 is 26.8 Å². The number of oxazole rings is 1. The first-order chi connectivity index (χ1) is 14.8. The molecule has 0 bridgehead atoms. The first-order valence-corrected chi connectivity index (χ1v) is 10.3. The smallest absolute Gasteiger partial charge is 0.416 e. The Labute approximate surface area is 179 Å².